The number of hydrogen-bond donors (Lipinski definition) is 4. The Morgan fingerprint density at radius 3 is 2.29 bits per heavy atom. The van der Waals surface area contributed by atoms with Gasteiger partial charge in [0.15, 0.2) is 11.3 Å². The first-order valence-electron chi connectivity index (χ1n) is 8.57. The summed E-state index contributed by atoms with van der Waals surface area (Å²) in [6, 6.07) is 15.2. The number of nitrogens with two attached hydrogens (primary N) is 1. The van der Waals surface area contributed by atoms with Crippen LogP contribution in [0.3, 0.4) is 0 Å². The Bertz CT molecular complexity index is 1350. The molecule has 0 bridgehead atoms. The van der Waals surface area contributed by atoms with Crippen LogP contribution in [0.1, 0.15) is 20.8 Å². The molecule has 9 nitrogen and oxygen atoms in total. The number of primary amides is 1. The molecule has 0 saturated carbocycles. The van der Waals surface area contributed by atoms with Gasteiger partial charge in [0, 0.05) is 11.6 Å². The van der Waals surface area contributed by atoms with Crippen LogP contribution in [-0.2, 0) is 0 Å². The van der Waals surface area contributed by atoms with Crippen molar-refractivity contribution in [3.8, 4) is 17.0 Å². The van der Waals surface area contributed by atoms with Gasteiger partial charge in [0.05, 0.1) is 15.7 Å². The number of aromatic nitrogens is 3. The van der Waals surface area contributed by atoms with Gasteiger partial charge in [-0.3, -0.25) is 14.7 Å². The molecule has 5 N–H and O–H groups in total. The van der Waals surface area contributed by atoms with Gasteiger partial charge in [-0.2, -0.15) is 4.52 Å². The number of hydrogen-bond acceptors (Lipinski definition) is 5. The number of aromatic hydroxyl groups is 1. The molecule has 0 saturated heterocycles. The topological polar surface area (TPSA) is 151 Å². The average molecular weight is 461 g/mol. The summed E-state index contributed by atoms with van der Waals surface area (Å²) >= 11 is 11.2. The van der Waals surface area contributed by atoms with Gasteiger partial charge in [-0.25, -0.2) is 9.78 Å². The number of H-pyrrole nitrogens is 1. The predicted octanol–water partition coefficient (Wildman–Crippen LogP) is 3.19. The Morgan fingerprint density at radius 1 is 1.03 bits per heavy atom. The van der Waals surface area contributed by atoms with Crippen LogP contribution in [-0.4, -0.2) is 36.7 Å². The summed E-state index contributed by atoms with van der Waals surface area (Å²) < 4.78 is 1.00. The smallest absolute Gasteiger partial charge is 0.358 e. The molecule has 2 heterocycles. The number of carbonyl (C=O) groups is 2. The third-order valence-electron chi connectivity index (χ3n) is 4.08. The second-order valence-electron chi connectivity index (χ2n) is 6.14. The molecule has 4 aromatic rings. The molecule has 1 amide bonds. The van der Waals surface area contributed by atoms with Crippen LogP contribution < -0.4 is 11.3 Å². The second-order valence-corrected chi connectivity index (χ2v) is 6.96. The third kappa shape index (κ3) is 4.68. The highest BCUT2D eigenvalue weighted by atomic mass is 35.5. The van der Waals surface area contributed by atoms with Gasteiger partial charge in [0.2, 0.25) is 11.7 Å². The van der Waals surface area contributed by atoms with Crippen LogP contribution >= 0.6 is 23.2 Å². The number of nitrogens with one attached hydrogen (secondary N) is 1. The lowest BCUT2D eigenvalue weighted by atomic mass is 10.2. The average Bonchev–Trinajstić information content (AvgIpc) is 3.18. The van der Waals surface area contributed by atoms with E-state index in [9.17, 15) is 19.5 Å². The zero-order valence-electron chi connectivity index (χ0n) is 15.5. The van der Waals surface area contributed by atoms with Crippen molar-refractivity contribution in [1.82, 2.24) is 14.6 Å². The van der Waals surface area contributed by atoms with E-state index in [0.717, 1.165) is 10.1 Å². The van der Waals surface area contributed by atoms with E-state index in [-0.39, 0.29) is 5.65 Å². The molecule has 2 aromatic carbocycles. The highest BCUT2D eigenvalue weighted by molar-refractivity contribution is 6.42. The molecule has 0 fully saturated rings. The zero-order chi connectivity index (χ0) is 22.7. The van der Waals surface area contributed by atoms with E-state index in [1.165, 1.54) is 18.2 Å². The minimum atomic E-state index is -1.45. The summed E-state index contributed by atoms with van der Waals surface area (Å²) in [5.41, 5.74) is 5.38. The highest BCUT2D eigenvalue weighted by Crippen LogP contribution is 2.22. The monoisotopic (exact) mass is 460 g/mol. The van der Waals surface area contributed by atoms with Crippen molar-refractivity contribution in [3.63, 3.8) is 0 Å². The molecule has 0 radical (unpaired) electrons. The van der Waals surface area contributed by atoms with Crippen LogP contribution in [0.25, 0.3) is 16.9 Å². The molecule has 0 unspecified atom stereocenters. The van der Waals surface area contributed by atoms with E-state index in [2.05, 4.69) is 10.1 Å². The van der Waals surface area contributed by atoms with Crippen LogP contribution in [0, 0.1) is 0 Å². The van der Waals surface area contributed by atoms with E-state index in [1.54, 1.807) is 6.07 Å². The van der Waals surface area contributed by atoms with E-state index in [1.807, 2.05) is 30.3 Å². The van der Waals surface area contributed by atoms with Gasteiger partial charge >= 0.3 is 11.5 Å². The van der Waals surface area contributed by atoms with Crippen molar-refractivity contribution >= 4 is 40.7 Å². The number of aromatic amines is 1. The van der Waals surface area contributed by atoms with Crippen LogP contribution in [0.4, 0.5) is 0 Å². The second kappa shape index (κ2) is 8.90. The largest absolute Gasteiger partial charge is 0.501 e. The fourth-order valence-electron chi connectivity index (χ4n) is 2.58. The van der Waals surface area contributed by atoms with Gasteiger partial charge in [-0.1, -0.05) is 53.5 Å². The van der Waals surface area contributed by atoms with Crippen molar-refractivity contribution in [2.75, 3.05) is 0 Å². The van der Waals surface area contributed by atoms with E-state index < -0.39 is 28.9 Å². The SMILES string of the molecule is NC(=O)c1ccc(Cl)c(Cl)c1.O=C(O)c1nc2cc(-c3ccccc3)[nH]n2c(=O)c1O. The van der Waals surface area contributed by atoms with Crippen LogP contribution in [0.5, 0.6) is 5.75 Å². The molecule has 0 aliphatic rings. The Hall–Kier alpha value is -3.82. The number of carboxylic acid groups (broad SMARTS) is 1. The molecule has 4 rings (SSSR count). The van der Waals surface area contributed by atoms with Crippen molar-refractivity contribution in [2.45, 2.75) is 0 Å². The molecule has 0 aliphatic carbocycles. The number of carbonyl (C=O) groups excluding carboxylic acids is 1. The Labute approximate surface area is 184 Å². The molecule has 158 valence electrons. The number of rotatable bonds is 3. The van der Waals surface area contributed by atoms with E-state index in [4.69, 9.17) is 34.0 Å². The van der Waals surface area contributed by atoms with E-state index in [0.29, 0.717) is 21.3 Å². The lowest BCUT2D eigenvalue weighted by Crippen LogP contribution is -2.18. The van der Waals surface area contributed by atoms with Crippen molar-refractivity contribution < 1.29 is 19.8 Å². The number of nitrogens with zero attached hydrogens (tertiary/aromatic N) is 2. The maximum atomic E-state index is 11.9. The molecule has 2 aromatic heterocycles. The standard InChI is InChI=1S/C13H9N3O4.C7H5Cl2NO/c17-11-10(13(19)20)14-9-6-8(15-16(9)12(11)18)7-4-2-1-3-5-7;8-5-2-1-4(7(10)11)3-6(5)9/h1-6,15,17H,(H,19,20);1-3H,(H2,10,11). The van der Waals surface area contributed by atoms with Gasteiger partial charge in [-0.05, 0) is 23.8 Å². The number of benzene rings is 2. The maximum absolute atomic E-state index is 11.9. The number of fused-ring (bicyclic) bond motifs is 1. The summed E-state index contributed by atoms with van der Waals surface area (Å²) in [6.07, 6.45) is 0. The first-order chi connectivity index (χ1) is 14.7. The molecular formula is C20H14Cl2N4O5. The first kappa shape index (κ1) is 21.9. The lowest BCUT2D eigenvalue weighted by Gasteiger charge is -1.98. The van der Waals surface area contributed by atoms with Gasteiger partial charge in [0.25, 0.3) is 0 Å². The Morgan fingerprint density at radius 2 is 1.71 bits per heavy atom. The highest BCUT2D eigenvalue weighted by Gasteiger charge is 2.19. The van der Waals surface area contributed by atoms with E-state index >= 15 is 0 Å². The normalized spacial score (nSPS) is 10.4. The number of carboxylic acids is 1. The lowest BCUT2D eigenvalue weighted by molar-refractivity contribution is 0.0686. The summed E-state index contributed by atoms with van der Waals surface area (Å²) in [5, 5.41) is 22.0. The third-order valence-corrected chi connectivity index (χ3v) is 4.82. The first-order valence-corrected chi connectivity index (χ1v) is 9.33. The van der Waals surface area contributed by atoms with Gasteiger partial charge < -0.3 is 15.9 Å². The number of aromatic carboxylic acids is 1. The van der Waals surface area contributed by atoms with Crippen LogP contribution in [0.15, 0.2) is 59.4 Å². The Balaban J connectivity index is 0.000000210. The summed E-state index contributed by atoms with van der Waals surface area (Å²) in [6.45, 7) is 0. The van der Waals surface area contributed by atoms with Crippen molar-refractivity contribution in [1.29, 1.82) is 0 Å². The molecule has 31 heavy (non-hydrogen) atoms. The molecule has 0 aliphatic heterocycles. The van der Waals surface area contributed by atoms with Crippen molar-refractivity contribution in [3.05, 3.63) is 86.3 Å². The summed E-state index contributed by atoms with van der Waals surface area (Å²) in [5.74, 6) is -2.86. The quantitative estimate of drug-likeness (QED) is 0.368. The number of halogens is 2. The Kier molecular flexibility index (Phi) is 6.28. The zero-order valence-corrected chi connectivity index (χ0v) is 17.1. The van der Waals surface area contributed by atoms with Gasteiger partial charge in [0.1, 0.15) is 0 Å². The fraction of sp³-hybridized carbons (Fsp3) is 0. The summed E-state index contributed by atoms with van der Waals surface area (Å²) in [4.78, 5) is 37.1. The minimum absolute atomic E-state index is 0.129. The summed E-state index contributed by atoms with van der Waals surface area (Å²) in [7, 11) is 0. The maximum Gasteiger partial charge on any atom is 0.358 e. The van der Waals surface area contributed by atoms with Crippen molar-refractivity contribution in [2.24, 2.45) is 5.73 Å². The van der Waals surface area contributed by atoms with Gasteiger partial charge in [-0.15, -0.1) is 0 Å². The van der Waals surface area contributed by atoms with Crippen LogP contribution in [0.2, 0.25) is 10.0 Å². The predicted molar refractivity (Wildman–Crippen MR) is 115 cm³/mol. The molecule has 0 atom stereocenters. The minimum Gasteiger partial charge on any atom is -0.501 e. The fourth-order valence-corrected chi connectivity index (χ4v) is 2.88. The molecular weight excluding hydrogens is 447 g/mol. The molecule has 0 spiro atoms. The molecule has 11 heteroatoms. The number of amides is 1.